The third-order valence-corrected chi connectivity index (χ3v) is 4.00. The van der Waals surface area contributed by atoms with Crippen LogP contribution in [0.3, 0.4) is 0 Å². The molecule has 0 radical (unpaired) electrons. The lowest BCUT2D eigenvalue weighted by Crippen LogP contribution is -2.33. The van der Waals surface area contributed by atoms with Crippen molar-refractivity contribution in [2.24, 2.45) is 5.73 Å². The van der Waals surface area contributed by atoms with E-state index in [1.807, 2.05) is 11.8 Å². The minimum Gasteiger partial charge on any atom is -0.327 e. The van der Waals surface area contributed by atoms with Crippen LogP contribution >= 0.6 is 11.8 Å². The molecule has 0 spiro atoms. The second-order valence-electron chi connectivity index (χ2n) is 4.05. The van der Waals surface area contributed by atoms with Crippen LogP contribution in [0.25, 0.3) is 0 Å². The van der Waals surface area contributed by atoms with Crippen molar-refractivity contribution in [2.75, 3.05) is 11.5 Å². The number of rotatable bonds is 1. The second-order valence-corrected chi connectivity index (χ2v) is 5.20. The van der Waals surface area contributed by atoms with E-state index in [-0.39, 0.29) is 0 Å². The second kappa shape index (κ2) is 4.37. The van der Waals surface area contributed by atoms with Crippen LogP contribution in [0.4, 0.5) is 0 Å². The minimum absolute atomic E-state index is 0.359. The maximum Gasteiger partial charge on any atom is 0.0124 e. The highest BCUT2D eigenvalue weighted by Crippen LogP contribution is 2.30. The van der Waals surface area contributed by atoms with Crippen molar-refractivity contribution in [3.05, 3.63) is 35.4 Å². The fourth-order valence-corrected chi connectivity index (χ4v) is 3.30. The third-order valence-electron chi connectivity index (χ3n) is 2.88. The Hall–Kier alpha value is -0.470. The van der Waals surface area contributed by atoms with Gasteiger partial charge < -0.3 is 5.73 Å². The van der Waals surface area contributed by atoms with Gasteiger partial charge in [-0.2, -0.15) is 11.8 Å². The van der Waals surface area contributed by atoms with E-state index in [1.165, 1.54) is 22.6 Å². The lowest BCUT2D eigenvalue weighted by Gasteiger charge is -2.28. The SMILES string of the molecule is Cc1cccc(C2CSCCC2N)c1. The summed E-state index contributed by atoms with van der Waals surface area (Å²) in [5, 5.41) is 0. The van der Waals surface area contributed by atoms with Gasteiger partial charge in [-0.25, -0.2) is 0 Å². The van der Waals surface area contributed by atoms with Crippen LogP contribution in [0.5, 0.6) is 0 Å². The number of thioether (sulfide) groups is 1. The lowest BCUT2D eigenvalue weighted by atomic mass is 9.91. The van der Waals surface area contributed by atoms with Gasteiger partial charge in [0.15, 0.2) is 0 Å². The third kappa shape index (κ3) is 2.12. The van der Waals surface area contributed by atoms with Crippen molar-refractivity contribution in [2.45, 2.75) is 25.3 Å². The summed E-state index contributed by atoms with van der Waals surface area (Å²) in [6.45, 7) is 2.14. The molecule has 1 saturated heterocycles. The summed E-state index contributed by atoms with van der Waals surface area (Å²) in [6, 6.07) is 9.12. The predicted molar refractivity (Wildman–Crippen MR) is 63.8 cm³/mol. The topological polar surface area (TPSA) is 26.0 Å². The van der Waals surface area contributed by atoms with Crippen LogP contribution in [-0.4, -0.2) is 17.5 Å². The van der Waals surface area contributed by atoms with E-state index in [4.69, 9.17) is 5.73 Å². The highest BCUT2D eigenvalue weighted by atomic mass is 32.2. The Morgan fingerprint density at radius 3 is 3.00 bits per heavy atom. The Labute approximate surface area is 90.1 Å². The van der Waals surface area contributed by atoms with Gasteiger partial charge in [-0.05, 0) is 24.7 Å². The zero-order chi connectivity index (χ0) is 9.97. The number of nitrogens with two attached hydrogens (primary N) is 1. The first-order chi connectivity index (χ1) is 6.77. The molecule has 0 amide bonds. The minimum atomic E-state index is 0.359. The lowest BCUT2D eigenvalue weighted by molar-refractivity contribution is 0.548. The first kappa shape index (κ1) is 10.1. The highest BCUT2D eigenvalue weighted by molar-refractivity contribution is 7.99. The largest absolute Gasteiger partial charge is 0.327 e. The van der Waals surface area contributed by atoms with Crippen LogP contribution in [-0.2, 0) is 0 Å². The quantitative estimate of drug-likeness (QED) is 0.766. The summed E-state index contributed by atoms with van der Waals surface area (Å²) in [6.07, 6.45) is 1.16. The van der Waals surface area contributed by atoms with Crippen LogP contribution in [0, 0.1) is 6.92 Å². The van der Waals surface area contributed by atoms with Crippen LogP contribution in [0.2, 0.25) is 0 Å². The zero-order valence-electron chi connectivity index (χ0n) is 8.57. The van der Waals surface area contributed by atoms with Crippen molar-refractivity contribution in [1.29, 1.82) is 0 Å². The molecule has 1 heterocycles. The fraction of sp³-hybridized carbons (Fsp3) is 0.500. The van der Waals surface area contributed by atoms with Gasteiger partial charge >= 0.3 is 0 Å². The molecule has 2 N–H and O–H groups in total. The van der Waals surface area contributed by atoms with Gasteiger partial charge in [0.25, 0.3) is 0 Å². The Kier molecular flexibility index (Phi) is 3.14. The van der Waals surface area contributed by atoms with Gasteiger partial charge in [0.05, 0.1) is 0 Å². The smallest absolute Gasteiger partial charge is 0.0124 e. The molecule has 0 aliphatic carbocycles. The first-order valence-electron chi connectivity index (χ1n) is 5.17. The Bertz CT molecular complexity index is 311. The van der Waals surface area contributed by atoms with E-state index in [1.54, 1.807) is 0 Å². The summed E-state index contributed by atoms with van der Waals surface area (Å²) in [7, 11) is 0. The van der Waals surface area contributed by atoms with Crippen LogP contribution in [0.15, 0.2) is 24.3 Å². The molecule has 1 aliphatic rings. The number of benzene rings is 1. The number of hydrogen-bond acceptors (Lipinski definition) is 2. The molecule has 0 saturated carbocycles. The molecule has 14 heavy (non-hydrogen) atoms. The van der Waals surface area contributed by atoms with Gasteiger partial charge in [0.1, 0.15) is 0 Å². The fourth-order valence-electron chi connectivity index (χ4n) is 2.00. The Morgan fingerprint density at radius 1 is 1.43 bits per heavy atom. The Morgan fingerprint density at radius 2 is 2.29 bits per heavy atom. The molecular weight excluding hydrogens is 190 g/mol. The maximum atomic E-state index is 6.15. The molecule has 1 aliphatic heterocycles. The van der Waals surface area contributed by atoms with E-state index in [9.17, 15) is 0 Å². The van der Waals surface area contributed by atoms with E-state index in [2.05, 4.69) is 31.2 Å². The summed E-state index contributed by atoms with van der Waals surface area (Å²) < 4.78 is 0. The molecule has 76 valence electrons. The van der Waals surface area contributed by atoms with Crippen molar-refractivity contribution in [3.8, 4) is 0 Å². The summed E-state index contributed by atoms with van der Waals surface area (Å²) in [4.78, 5) is 0. The molecule has 2 atom stereocenters. The molecule has 2 rings (SSSR count). The van der Waals surface area contributed by atoms with E-state index >= 15 is 0 Å². The van der Waals surface area contributed by atoms with Gasteiger partial charge in [-0.1, -0.05) is 29.8 Å². The first-order valence-corrected chi connectivity index (χ1v) is 6.33. The molecule has 1 aromatic rings. The van der Waals surface area contributed by atoms with Gasteiger partial charge in [-0.3, -0.25) is 0 Å². The standard InChI is InChI=1S/C12H17NS/c1-9-3-2-4-10(7-9)11-8-14-6-5-12(11)13/h2-4,7,11-12H,5-6,8,13H2,1H3. The molecule has 1 fully saturated rings. The van der Waals surface area contributed by atoms with Crippen molar-refractivity contribution >= 4 is 11.8 Å². The van der Waals surface area contributed by atoms with E-state index in [0.29, 0.717) is 12.0 Å². The highest BCUT2D eigenvalue weighted by Gasteiger charge is 2.23. The summed E-state index contributed by atoms with van der Waals surface area (Å²) >= 11 is 2.03. The number of aryl methyl sites for hydroxylation is 1. The molecule has 2 unspecified atom stereocenters. The molecular formula is C12H17NS. The van der Waals surface area contributed by atoms with E-state index in [0.717, 1.165) is 6.42 Å². The zero-order valence-corrected chi connectivity index (χ0v) is 9.39. The summed E-state index contributed by atoms with van der Waals surface area (Å²) in [5.74, 6) is 2.97. The molecule has 0 bridgehead atoms. The Balaban J connectivity index is 2.20. The predicted octanol–water partition coefficient (Wildman–Crippen LogP) is 2.54. The molecule has 2 heteroatoms. The van der Waals surface area contributed by atoms with Crippen molar-refractivity contribution < 1.29 is 0 Å². The van der Waals surface area contributed by atoms with Gasteiger partial charge in [0.2, 0.25) is 0 Å². The summed E-state index contributed by atoms with van der Waals surface area (Å²) in [5.41, 5.74) is 8.91. The molecule has 1 aromatic carbocycles. The normalized spacial score (nSPS) is 27.6. The van der Waals surface area contributed by atoms with Crippen molar-refractivity contribution in [1.82, 2.24) is 0 Å². The van der Waals surface area contributed by atoms with Crippen molar-refractivity contribution in [3.63, 3.8) is 0 Å². The number of hydrogen-bond donors (Lipinski definition) is 1. The van der Waals surface area contributed by atoms with Crippen LogP contribution in [0.1, 0.15) is 23.5 Å². The average molecular weight is 207 g/mol. The van der Waals surface area contributed by atoms with Gasteiger partial charge in [0, 0.05) is 17.7 Å². The van der Waals surface area contributed by atoms with Crippen LogP contribution < -0.4 is 5.73 Å². The average Bonchev–Trinajstić information content (AvgIpc) is 2.18. The molecule has 0 aromatic heterocycles. The van der Waals surface area contributed by atoms with E-state index < -0.39 is 0 Å². The molecule has 1 nitrogen and oxygen atoms in total. The monoisotopic (exact) mass is 207 g/mol. The maximum absolute atomic E-state index is 6.15. The van der Waals surface area contributed by atoms with Gasteiger partial charge in [-0.15, -0.1) is 0 Å².